The first-order valence-electron chi connectivity index (χ1n) is 10.7. The van der Waals surface area contributed by atoms with E-state index in [0.717, 1.165) is 48.1 Å². The van der Waals surface area contributed by atoms with Gasteiger partial charge in [-0.05, 0) is 88.2 Å². The van der Waals surface area contributed by atoms with Gasteiger partial charge in [-0.25, -0.2) is 4.98 Å². The Labute approximate surface area is 183 Å². The number of imidazole rings is 1. The third-order valence-corrected chi connectivity index (χ3v) is 6.14. The molecule has 1 N–H and O–H groups in total. The average Bonchev–Trinajstić information content (AvgIpc) is 3.07. The van der Waals surface area contributed by atoms with Crippen LogP contribution >= 0.6 is 11.6 Å². The summed E-state index contributed by atoms with van der Waals surface area (Å²) in [4.78, 5) is 20.0. The van der Waals surface area contributed by atoms with Gasteiger partial charge in [0.2, 0.25) is 0 Å². The molecule has 30 heavy (non-hydrogen) atoms. The van der Waals surface area contributed by atoms with E-state index in [2.05, 4.69) is 41.6 Å². The Morgan fingerprint density at radius 3 is 2.53 bits per heavy atom. The monoisotopic (exact) mass is 424 g/mol. The molecule has 4 rings (SSSR count). The molecule has 0 spiro atoms. The molecule has 0 bridgehead atoms. The predicted octanol–water partition coefficient (Wildman–Crippen LogP) is 5.75. The van der Waals surface area contributed by atoms with E-state index >= 15 is 0 Å². The van der Waals surface area contributed by atoms with Crippen molar-refractivity contribution in [2.45, 2.75) is 46.2 Å². The van der Waals surface area contributed by atoms with Crippen LogP contribution in [0.3, 0.4) is 0 Å². The Morgan fingerprint density at radius 1 is 1.17 bits per heavy atom. The molecular formula is C24H29ClN4O. The second kappa shape index (κ2) is 8.78. The van der Waals surface area contributed by atoms with Gasteiger partial charge in [0.15, 0.2) is 0 Å². The highest BCUT2D eigenvalue weighted by molar-refractivity contribution is 6.30. The van der Waals surface area contributed by atoms with E-state index in [9.17, 15) is 4.79 Å². The number of nitrogens with one attached hydrogen (secondary N) is 1. The SMILES string of the molecule is CC1CCN(Cc2nc3cc(NC(=O)c4ccc(Cl)cc4)ccc3n2C(C)C)CC1. The maximum absolute atomic E-state index is 12.5. The Morgan fingerprint density at radius 2 is 1.87 bits per heavy atom. The molecule has 1 fully saturated rings. The van der Waals surface area contributed by atoms with Crippen molar-refractivity contribution >= 4 is 34.2 Å². The fraction of sp³-hybridized carbons (Fsp3) is 0.417. The van der Waals surface area contributed by atoms with Gasteiger partial charge in [-0.2, -0.15) is 0 Å². The van der Waals surface area contributed by atoms with Crippen LogP contribution in [0.5, 0.6) is 0 Å². The van der Waals surface area contributed by atoms with Gasteiger partial charge >= 0.3 is 0 Å². The van der Waals surface area contributed by atoms with Crippen molar-refractivity contribution in [2.24, 2.45) is 5.92 Å². The molecule has 158 valence electrons. The molecule has 0 saturated carbocycles. The summed E-state index contributed by atoms with van der Waals surface area (Å²) in [6, 6.07) is 13.2. The minimum Gasteiger partial charge on any atom is -0.324 e. The summed E-state index contributed by atoms with van der Waals surface area (Å²) >= 11 is 5.92. The van der Waals surface area contributed by atoms with E-state index in [1.165, 1.54) is 12.8 Å². The van der Waals surface area contributed by atoms with Crippen molar-refractivity contribution in [2.75, 3.05) is 18.4 Å². The zero-order valence-corrected chi connectivity index (χ0v) is 18.6. The van der Waals surface area contributed by atoms with Crippen LogP contribution in [0.15, 0.2) is 42.5 Å². The number of aromatic nitrogens is 2. The molecule has 1 aliphatic rings. The molecule has 3 aromatic rings. The van der Waals surface area contributed by atoms with Gasteiger partial charge in [-0.1, -0.05) is 18.5 Å². The van der Waals surface area contributed by atoms with Gasteiger partial charge in [0.05, 0.1) is 17.6 Å². The molecule has 2 heterocycles. The molecule has 1 saturated heterocycles. The van der Waals surface area contributed by atoms with E-state index in [1.54, 1.807) is 24.3 Å². The first kappa shape index (κ1) is 20.9. The smallest absolute Gasteiger partial charge is 0.255 e. The number of benzene rings is 2. The fourth-order valence-corrected chi connectivity index (χ4v) is 4.26. The van der Waals surface area contributed by atoms with Crippen LogP contribution in [0.4, 0.5) is 5.69 Å². The topological polar surface area (TPSA) is 50.2 Å². The Balaban J connectivity index is 1.57. The van der Waals surface area contributed by atoms with Gasteiger partial charge in [0.1, 0.15) is 5.82 Å². The quantitative estimate of drug-likeness (QED) is 0.566. The summed E-state index contributed by atoms with van der Waals surface area (Å²) in [6.07, 6.45) is 2.51. The number of amides is 1. The first-order chi connectivity index (χ1) is 14.4. The molecule has 0 unspecified atom stereocenters. The Bertz CT molecular complexity index is 1030. The molecule has 0 aliphatic carbocycles. The number of piperidine rings is 1. The molecule has 6 heteroatoms. The summed E-state index contributed by atoms with van der Waals surface area (Å²) in [7, 11) is 0. The minimum absolute atomic E-state index is 0.156. The number of nitrogens with zero attached hydrogens (tertiary/aromatic N) is 3. The maximum Gasteiger partial charge on any atom is 0.255 e. The lowest BCUT2D eigenvalue weighted by atomic mass is 9.99. The standard InChI is InChI=1S/C24H29ClN4O/c1-16(2)29-22-9-8-20(26-24(30)18-4-6-19(25)7-5-18)14-21(22)27-23(29)15-28-12-10-17(3)11-13-28/h4-9,14,16-17H,10-13,15H2,1-3H3,(H,26,30). The number of rotatable bonds is 5. The molecule has 0 radical (unpaired) electrons. The fourth-order valence-electron chi connectivity index (χ4n) is 4.14. The summed E-state index contributed by atoms with van der Waals surface area (Å²) in [6.45, 7) is 9.85. The second-order valence-corrected chi connectivity index (χ2v) is 9.05. The van der Waals surface area contributed by atoms with Crippen LogP contribution in [0.25, 0.3) is 11.0 Å². The van der Waals surface area contributed by atoms with E-state index in [-0.39, 0.29) is 5.91 Å². The molecule has 2 aromatic carbocycles. The summed E-state index contributed by atoms with van der Waals surface area (Å²) in [5.74, 6) is 1.75. The van der Waals surface area contributed by atoms with Crippen LogP contribution in [0.1, 0.15) is 55.8 Å². The van der Waals surface area contributed by atoms with Crippen molar-refractivity contribution in [1.29, 1.82) is 0 Å². The summed E-state index contributed by atoms with van der Waals surface area (Å²) in [5, 5.41) is 3.59. The highest BCUT2D eigenvalue weighted by Gasteiger charge is 2.20. The van der Waals surface area contributed by atoms with Gasteiger partial charge in [-0.3, -0.25) is 9.69 Å². The second-order valence-electron chi connectivity index (χ2n) is 8.61. The lowest BCUT2D eigenvalue weighted by Crippen LogP contribution is -2.33. The van der Waals surface area contributed by atoms with Crippen LogP contribution in [0.2, 0.25) is 5.02 Å². The van der Waals surface area contributed by atoms with Crippen LogP contribution in [0, 0.1) is 5.92 Å². The van der Waals surface area contributed by atoms with Crippen molar-refractivity contribution in [1.82, 2.24) is 14.5 Å². The number of hydrogen-bond donors (Lipinski definition) is 1. The normalized spacial score (nSPS) is 15.8. The highest BCUT2D eigenvalue weighted by atomic mass is 35.5. The minimum atomic E-state index is -0.156. The number of likely N-dealkylation sites (tertiary alicyclic amines) is 1. The van der Waals surface area contributed by atoms with Crippen LogP contribution < -0.4 is 5.32 Å². The van der Waals surface area contributed by atoms with E-state index in [1.807, 2.05) is 12.1 Å². The van der Waals surface area contributed by atoms with Gasteiger partial charge in [0.25, 0.3) is 5.91 Å². The molecule has 1 aliphatic heterocycles. The summed E-state index contributed by atoms with van der Waals surface area (Å²) in [5.41, 5.74) is 3.34. The lowest BCUT2D eigenvalue weighted by Gasteiger charge is -2.30. The lowest BCUT2D eigenvalue weighted by molar-refractivity contribution is 0.102. The van der Waals surface area contributed by atoms with Crippen LogP contribution in [-0.4, -0.2) is 33.4 Å². The van der Waals surface area contributed by atoms with Crippen molar-refractivity contribution in [3.8, 4) is 0 Å². The zero-order chi connectivity index (χ0) is 21.3. The largest absolute Gasteiger partial charge is 0.324 e. The Kier molecular flexibility index (Phi) is 6.11. The highest BCUT2D eigenvalue weighted by Crippen LogP contribution is 2.26. The number of carbonyl (C=O) groups excluding carboxylic acids is 1. The molecule has 1 aromatic heterocycles. The van der Waals surface area contributed by atoms with Gasteiger partial charge < -0.3 is 9.88 Å². The van der Waals surface area contributed by atoms with Crippen molar-refractivity contribution in [3.63, 3.8) is 0 Å². The number of hydrogen-bond acceptors (Lipinski definition) is 3. The third-order valence-electron chi connectivity index (χ3n) is 5.88. The van der Waals surface area contributed by atoms with Crippen LogP contribution in [-0.2, 0) is 6.54 Å². The Hall–Kier alpha value is -2.37. The van der Waals surface area contributed by atoms with Gasteiger partial charge in [-0.15, -0.1) is 0 Å². The van der Waals surface area contributed by atoms with Crippen molar-refractivity contribution in [3.05, 3.63) is 58.9 Å². The van der Waals surface area contributed by atoms with E-state index < -0.39 is 0 Å². The third kappa shape index (κ3) is 4.52. The maximum atomic E-state index is 12.5. The molecule has 5 nitrogen and oxygen atoms in total. The first-order valence-corrected chi connectivity index (χ1v) is 11.1. The number of fused-ring (bicyclic) bond motifs is 1. The molecule has 1 amide bonds. The molecule has 0 atom stereocenters. The zero-order valence-electron chi connectivity index (χ0n) is 17.9. The average molecular weight is 425 g/mol. The predicted molar refractivity (Wildman–Crippen MR) is 123 cm³/mol. The molecular weight excluding hydrogens is 396 g/mol. The van der Waals surface area contributed by atoms with E-state index in [4.69, 9.17) is 16.6 Å². The number of anilines is 1. The van der Waals surface area contributed by atoms with E-state index in [0.29, 0.717) is 16.6 Å². The number of halogens is 1. The summed E-state index contributed by atoms with van der Waals surface area (Å²) < 4.78 is 2.32. The number of carbonyl (C=O) groups is 1. The van der Waals surface area contributed by atoms with Gasteiger partial charge in [0, 0.05) is 22.3 Å². The van der Waals surface area contributed by atoms with Crippen molar-refractivity contribution < 1.29 is 4.79 Å².